The molecule has 0 amide bonds. The van der Waals surface area contributed by atoms with Crippen LogP contribution < -0.4 is 16.0 Å². The van der Waals surface area contributed by atoms with Crippen molar-refractivity contribution in [1.82, 2.24) is 5.32 Å². The Balaban J connectivity index is 0.00000225. The van der Waals surface area contributed by atoms with Crippen LogP contribution in [0.15, 0.2) is 29.3 Å². The number of para-hydroxylation sites is 1. The summed E-state index contributed by atoms with van der Waals surface area (Å²) in [4.78, 5) is 6.98. The molecule has 25 heavy (non-hydrogen) atoms. The Labute approximate surface area is 168 Å². The predicted octanol–water partition coefficient (Wildman–Crippen LogP) is 3.27. The molecule has 2 fully saturated rings. The van der Waals surface area contributed by atoms with Crippen molar-refractivity contribution in [2.75, 3.05) is 31.2 Å². The van der Waals surface area contributed by atoms with Crippen LogP contribution >= 0.6 is 24.0 Å². The second-order valence-electron chi connectivity index (χ2n) is 6.76. The number of hydrogen-bond donors (Lipinski definition) is 2. The average molecular weight is 458 g/mol. The van der Waals surface area contributed by atoms with Crippen LogP contribution in [-0.4, -0.2) is 38.3 Å². The molecule has 0 atom stereocenters. The van der Waals surface area contributed by atoms with Crippen LogP contribution in [0.1, 0.15) is 44.1 Å². The van der Waals surface area contributed by atoms with E-state index in [0.29, 0.717) is 18.5 Å². The number of nitrogens with one attached hydrogen (secondary N) is 1. The minimum Gasteiger partial charge on any atom is -0.378 e. The zero-order chi connectivity index (χ0) is 16.6. The highest BCUT2D eigenvalue weighted by Gasteiger charge is 2.15. The summed E-state index contributed by atoms with van der Waals surface area (Å²) in [5.74, 6) is 0.582. The maximum Gasteiger partial charge on any atom is 0.189 e. The zero-order valence-corrected chi connectivity index (χ0v) is 17.3. The lowest BCUT2D eigenvalue weighted by Crippen LogP contribution is -2.40. The summed E-state index contributed by atoms with van der Waals surface area (Å²) in [6.45, 7) is 4.10. The van der Waals surface area contributed by atoms with Crippen molar-refractivity contribution in [3.63, 3.8) is 0 Å². The predicted molar refractivity (Wildman–Crippen MR) is 115 cm³/mol. The van der Waals surface area contributed by atoms with Gasteiger partial charge < -0.3 is 20.7 Å². The topological polar surface area (TPSA) is 62.9 Å². The fourth-order valence-electron chi connectivity index (χ4n) is 3.61. The second-order valence-corrected chi connectivity index (χ2v) is 6.76. The van der Waals surface area contributed by atoms with Crippen LogP contribution in [0.2, 0.25) is 0 Å². The summed E-state index contributed by atoms with van der Waals surface area (Å²) in [5, 5.41) is 3.42. The Bertz CT molecular complexity index is 538. The molecule has 6 heteroatoms. The molecule has 0 bridgehead atoms. The average Bonchev–Trinajstić information content (AvgIpc) is 2.90. The minimum absolute atomic E-state index is 0. The fourth-order valence-corrected chi connectivity index (χ4v) is 3.61. The van der Waals surface area contributed by atoms with Crippen molar-refractivity contribution in [2.45, 2.75) is 51.1 Å². The number of anilines is 1. The smallest absolute Gasteiger partial charge is 0.189 e. The molecule has 1 aliphatic heterocycles. The normalized spacial score (nSPS) is 19.8. The first kappa shape index (κ1) is 20.3. The lowest BCUT2D eigenvalue weighted by molar-refractivity contribution is 0.122. The monoisotopic (exact) mass is 458 g/mol. The maximum atomic E-state index is 6.14. The largest absolute Gasteiger partial charge is 0.378 e. The molecule has 1 saturated heterocycles. The molecule has 1 aromatic carbocycles. The second kappa shape index (κ2) is 10.9. The molecule has 1 heterocycles. The fraction of sp³-hybridized carbons (Fsp3) is 0.632. The van der Waals surface area contributed by atoms with E-state index in [1.165, 1.54) is 49.8 Å². The molecule has 3 rings (SSSR count). The number of benzene rings is 1. The summed E-state index contributed by atoms with van der Waals surface area (Å²) in [7, 11) is 0. The Morgan fingerprint density at radius 3 is 2.52 bits per heavy atom. The molecule has 0 radical (unpaired) electrons. The highest BCUT2D eigenvalue weighted by atomic mass is 127. The third kappa shape index (κ3) is 6.33. The van der Waals surface area contributed by atoms with Crippen LogP contribution in [0.4, 0.5) is 5.69 Å². The zero-order valence-electron chi connectivity index (χ0n) is 15.0. The van der Waals surface area contributed by atoms with Gasteiger partial charge in [-0.2, -0.15) is 0 Å². The van der Waals surface area contributed by atoms with Gasteiger partial charge in [0.2, 0.25) is 0 Å². The van der Waals surface area contributed by atoms with Crippen LogP contribution in [0.5, 0.6) is 0 Å². The Hall–Kier alpha value is -1.02. The molecule has 0 aromatic heterocycles. The van der Waals surface area contributed by atoms with Crippen LogP contribution in [0.3, 0.4) is 0 Å². The third-order valence-corrected chi connectivity index (χ3v) is 4.97. The number of morpholine rings is 1. The van der Waals surface area contributed by atoms with E-state index in [9.17, 15) is 0 Å². The standard InChI is InChI=1S/C19H30N4O.HI/c20-19(22-17-8-3-1-2-4-9-17)21-15-16-7-5-6-10-18(16)23-11-13-24-14-12-23;/h5-7,10,17H,1-4,8-9,11-15H2,(H3,20,21,22);1H. The summed E-state index contributed by atoms with van der Waals surface area (Å²) in [6, 6.07) is 8.97. The maximum absolute atomic E-state index is 6.14. The van der Waals surface area contributed by atoms with E-state index in [2.05, 4.69) is 39.5 Å². The van der Waals surface area contributed by atoms with Crippen molar-refractivity contribution in [3.8, 4) is 0 Å². The lowest BCUT2D eigenvalue weighted by Gasteiger charge is -2.30. The Morgan fingerprint density at radius 2 is 1.80 bits per heavy atom. The van der Waals surface area contributed by atoms with Gasteiger partial charge >= 0.3 is 0 Å². The first-order valence-corrected chi connectivity index (χ1v) is 9.30. The van der Waals surface area contributed by atoms with Crippen molar-refractivity contribution < 1.29 is 4.74 Å². The van der Waals surface area contributed by atoms with Crippen LogP contribution in [0.25, 0.3) is 0 Å². The van der Waals surface area contributed by atoms with Gasteiger partial charge in [0.15, 0.2) is 5.96 Å². The van der Waals surface area contributed by atoms with E-state index in [4.69, 9.17) is 10.5 Å². The number of hydrogen-bond acceptors (Lipinski definition) is 3. The number of halogens is 1. The van der Waals surface area contributed by atoms with Crippen LogP contribution in [0, 0.1) is 0 Å². The molecule has 5 nitrogen and oxygen atoms in total. The number of guanidine groups is 1. The van der Waals surface area contributed by atoms with Gasteiger partial charge in [0.25, 0.3) is 0 Å². The summed E-state index contributed by atoms with van der Waals surface area (Å²) >= 11 is 0. The molecule has 0 unspecified atom stereocenters. The molecule has 0 spiro atoms. The van der Waals surface area contributed by atoms with Crippen molar-refractivity contribution in [2.24, 2.45) is 10.7 Å². The van der Waals surface area contributed by atoms with Gasteiger partial charge in [-0.1, -0.05) is 43.9 Å². The van der Waals surface area contributed by atoms with E-state index in [1.54, 1.807) is 0 Å². The van der Waals surface area contributed by atoms with Gasteiger partial charge in [0, 0.05) is 24.8 Å². The Kier molecular flexibility index (Phi) is 8.81. The van der Waals surface area contributed by atoms with E-state index in [-0.39, 0.29) is 24.0 Å². The van der Waals surface area contributed by atoms with Crippen molar-refractivity contribution in [3.05, 3.63) is 29.8 Å². The van der Waals surface area contributed by atoms with E-state index < -0.39 is 0 Å². The van der Waals surface area contributed by atoms with Gasteiger partial charge in [-0.05, 0) is 24.5 Å². The highest BCUT2D eigenvalue weighted by Crippen LogP contribution is 2.22. The van der Waals surface area contributed by atoms with E-state index in [1.807, 2.05) is 0 Å². The van der Waals surface area contributed by atoms with Gasteiger partial charge in [0.05, 0.1) is 19.8 Å². The molecule has 1 aliphatic carbocycles. The van der Waals surface area contributed by atoms with Gasteiger partial charge in [-0.3, -0.25) is 0 Å². The summed E-state index contributed by atoms with van der Waals surface area (Å²) < 4.78 is 5.45. The third-order valence-electron chi connectivity index (χ3n) is 4.97. The van der Waals surface area contributed by atoms with Crippen LogP contribution in [-0.2, 0) is 11.3 Å². The molecular formula is C19H31IN4O. The van der Waals surface area contributed by atoms with Gasteiger partial charge in [-0.15, -0.1) is 24.0 Å². The van der Waals surface area contributed by atoms with Gasteiger partial charge in [0.1, 0.15) is 0 Å². The van der Waals surface area contributed by atoms with Crippen molar-refractivity contribution in [1.29, 1.82) is 0 Å². The van der Waals surface area contributed by atoms with Crippen molar-refractivity contribution >= 4 is 35.6 Å². The summed E-state index contributed by atoms with van der Waals surface area (Å²) in [5.41, 5.74) is 8.62. The number of aliphatic imine (C=N–C) groups is 1. The SMILES string of the molecule is I.NC(=NCc1ccccc1N1CCOCC1)NC1CCCCCC1. The molecule has 1 aromatic rings. The van der Waals surface area contributed by atoms with E-state index >= 15 is 0 Å². The number of nitrogens with zero attached hydrogens (tertiary/aromatic N) is 2. The molecule has 2 aliphatic rings. The first-order valence-electron chi connectivity index (χ1n) is 9.30. The summed E-state index contributed by atoms with van der Waals surface area (Å²) in [6.07, 6.45) is 7.71. The quantitative estimate of drug-likeness (QED) is 0.315. The molecule has 1 saturated carbocycles. The molecule has 140 valence electrons. The minimum atomic E-state index is 0. The first-order chi connectivity index (χ1) is 11.8. The highest BCUT2D eigenvalue weighted by molar-refractivity contribution is 14.0. The Morgan fingerprint density at radius 1 is 1.12 bits per heavy atom. The number of ether oxygens (including phenoxy) is 1. The molecular weight excluding hydrogens is 427 g/mol. The lowest BCUT2D eigenvalue weighted by atomic mass is 10.1. The number of rotatable bonds is 4. The van der Waals surface area contributed by atoms with E-state index in [0.717, 1.165) is 26.3 Å². The van der Waals surface area contributed by atoms with Gasteiger partial charge in [-0.25, -0.2) is 4.99 Å². The molecule has 3 N–H and O–H groups in total. The number of nitrogens with two attached hydrogens (primary N) is 1.